The van der Waals surface area contributed by atoms with Gasteiger partial charge in [0.2, 0.25) is 5.95 Å². The van der Waals surface area contributed by atoms with Gasteiger partial charge in [0.1, 0.15) is 11.9 Å². The fraction of sp³-hybridized carbons (Fsp3) is 0.0833. The van der Waals surface area contributed by atoms with Crippen molar-refractivity contribution in [3.63, 3.8) is 0 Å². The standard InChI is InChI=1S/C12H7BrF3N5/c13-8-5-19-11(18)21-10(8)20-9-2-1-7(12(14,15)16)3-6(9)4-17/h1-3,5H,(H3,18,19,20,21). The molecule has 1 aromatic heterocycles. The first-order valence-corrected chi connectivity index (χ1v) is 6.27. The van der Waals surface area contributed by atoms with E-state index in [0.717, 1.165) is 18.2 Å². The summed E-state index contributed by atoms with van der Waals surface area (Å²) in [6, 6.07) is 4.51. The van der Waals surface area contributed by atoms with E-state index in [2.05, 4.69) is 31.2 Å². The number of nitrogens with two attached hydrogens (primary N) is 1. The van der Waals surface area contributed by atoms with Crippen LogP contribution in [0.3, 0.4) is 0 Å². The van der Waals surface area contributed by atoms with Gasteiger partial charge in [-0.2, -0.15) is 23.4 Å². The van der Waals surface area contributed by atoms with Crippen LogP contribution >= 0.6 is 15.9 Å². The Balaban J connectivity index is 2.41. The van der Waals surface area contributed by atoms with E-state index >= 15 is 0 Å². The number of rotatable bonds is 2. The third kappa shape index (κ3) is 3.41. The second-order valence-corrected chi connectivity index (χ2v) is 4.77. The van der Waals surface area contributed by atoms with Crippen molar-refractivity contribution in [3.05, 3.63) is 40.0 Å². The van der Waals surface area contributed by atoms with Crippen LogP contribution in [0, 0.1) is 11.3 Å². The van der Waals surface area contributed by atoms with Crippen molar-refractivity contribution in [2.75, 3.05) is 11.1 Å². The monoisotopic (exact) mass is 357 g/mol. The molecule has 3 N–H and O–H groups in total. The van der Waals surface area contributed by atoms with Gasteiger partial charge in [0.15, 0.2) is 0 Å². The van der Waals surface area contributed by atoms with Gasteiger partial charge in [-0.1, -0.05) is 0 Å². The quantitative estimate of drug-likeness (QED) is 0.859. The largest absolute Gasteiger partial charge is 0.416 e. The first kappa shape index (κ1) is 15.1. The van der Waals surface area contributed by atoms with Crippen LogP contribution in [0.1, 0.15) is 11.1 Å². The van der Waals surface area contributed by atoms with E-state index in [4.69, 9.17) is 11.0 Å². The molecule has 0 aliphatic carbocycles. The van der Waals surface area contributed by atoms with Gasteiger partial charge in [-0.25, -0.2) is 4.98 Å². The molecule has 0 atom stereocenters. The third-order valence-corrected chi connectivity index (χ3v) is 3.06. The maximum absolute atomic E-state index is 12.6. The zero-order chi connectivity index (χ0) is 15.6. The predicted octanol–water partition coefficient (Wildman–Crippen LogP) is 3.46. The number of aromatic nitrogens is 2. The summed E-state index contributed by atoms with van der Waals surface area (Å²) < 4.78 is 38.3. The highest BCUT2D eigenvalue weighted by Gasteiger charge is 2.31. The van der Waals surface area contributed by atoms with Gasteiger partial charge in [-0.3, -0.25) is 0 Å². The number of nitrogen functional groups attached to an aromatic ring is 1. The average molecular weight is 358 g/mol. The highest BCUT2D eigenvalue weighted by Crippen LogP contribution is 2.33. The molecule has 0 unspecified atom stereocenters. The summed E-state index contributed by atoms with van der Waals surface area (Å²) in [5, 5.41) is 11.7. The Hall–Kier alpha value is -2.34. The number of nitrogens with one attached hydrogen (secondary N) is 1. The van der Waals surface area contributed by atoms with Gasteiger partial charge in [0.05, 0.1) is 21.3 Å². The fourth-order valence-corrected chi connectivity index (χ4v) is 1.81. The summed E-state index contributed by atoms with van der Waals surface area (Å²) in [5.41, 5.74) is 4.56. The summed E-state index contributed by atoms with van der Waals surface area (Å²) in [7, 11) is 0. The number of benzene rings is 1. The van der Waals surface area contributed by atoms with Crippen molar-refractivity contribution in [2.45, 2.75) is 6.18 Å². The van der Waals surface area contributed by atoms with Crippen molar-refractivity contribution < 1.29 is 13.2 Å². The lowest BCUT2D eigenvalue weighted by Crippen LogP contribution is -2.07. The molecule has 0 radical (unpaired) electrons. The number of nitrogens with zero attached hydrogens (tertiary/aromatic N) is 3. The number of alkyl halides is 3. The molecule has 2 rings (SSSR count). The highest BCUT2D eigenvalue weighted by atomic mass is 79.9. The zero-order valence-corrected chi connectivity index (χ0v) is 11.8. The number of hydrogen-bond acceptors (Lipinski definition) is 5. The maximum Gasteiger partial charge on any atom is 0.416 e. The van der Waals surface area contributed by atoms with Crippen LogP contribution < -0.4 is 11.1 Å². The van der Waals surface area contributed by atoms with Gasteiger partial charge < -0.3 is 11.1 Å². The van der Waals surface area contributed by atoms with E-state index < -0.39 is 11.7 Å². The minimum atomic E-state index is -4.51. The molecule has 0 saturated heterocycles. The van der Waals surface area contributed by atoms with E-state index in [1.54, 1.807) is 6.07 Å². The van der Waals surface area contributed by atoms with Gasteiger partial charge in [-0.05, 0) is 34.1 Å². The molecule has 0 aliphatic heterocycles. The second-order valence-electron chi connectivity index (χ2n) is 3.92. The molecule has 1 heterocycles. The molecular formula is C12H7BrF3N5. The Morgan fingerprint density at radius 3 is 2.67 bits per heavy atom. The lowest BCUT2D eigenvalue weighted by molar-refractivity contribution is -0.137. The first-order chi connectivity index (χ1) is 9.81. The molecule has 0 amide bonds. The van der Waals surface area contributed by atoms with E-state index in [0.29, 0.717) is 4.47 Å². The van der Waals surface area contributed by atoms with Crippen molar-refractivity contribution in [1.29, 1.82) is 5.26 Å². The molecule has 2 aromatic rings. The molecule has 21 heavy (non-hydrogen) atoms. The van der Waals surface area contributed by atoms with Gasteiger partial charge in [0, 0.05) is 6.20 Å². The Morgan fingerprint density at radius 1 is 1.33 bits per heavy atom. The smallest absolute Gasteiger partial charge is 0.368 e. The first-order valence-electron chi connectivity index (χ1n) is 5.47. The van der Waals surface area contributed by atoms with Crippen LogP contribution in [0.4, 0.5) is 30.6 Å². The Morgan fingerprint density at radius 2 is 2.05 bits per heavy atom. The van der Waals surface area contributed by atoms with Crippen molar-refractivity contribution >= 4 is 33.4 Å². The van der Waals surface area contributed by atoms with Crippen molar-refractivity contribution in [2.24, 2.45) is 0 Å². The topological polar surface area (TPSA) is 87.6 Å². The van der Waals surface area contributed by atoms with Crippen LogP contribution in [0.5, 0.6) is 0 Å². The highest BCUT2D eigenvalue weighted by molar-refractivity contribution is 9.10. The average Bonchev–Trinajstić information content (AvgIpc) is 2.42. The second kappa shape index (κ2) is 5.57. The van der Waals surface area contributed by atoms with E-state index in [1.807, 2.05) is 0 Å². The number of nitriles is 1. The minimum absolute atomic E-state index is 0.00822. The lowest BCUT2D eigenvalue weighted by atomic mass is 10.1. The number of anilines is 3. The Kier molecular flexibility index (Phi) is 3.99. The van der Waals surface area contributed by atoms with E-state index in [9.17, 15) is 13.2 Å². The Bertz CT molecular complexity index is 724. The molecule has 1 aromatic carbocycles. The minimum Gasteiger partial charge on any atom is -0.368 e. The fourth-order valence-electron chi connectivity index (χ4n) is 1.52. The lowest BCUT2D eigenvalue weighted by Gasteiger charge is -2.12. The molecule has 5 nitrogen and oxygen atoms in total. The molecule has 9 heteroatoms. The zero-order valence-electron chi connectivity index (χ0n) is 10.2. The Labute approximate surface area is 125 Å². The summed E-state index contributed by atoms with van der Waals surface area (Å²) in [6.07, 6.45) is -3.12. The van der Waals surface area contributed by atoms with Crippen LogP contribution in [0.2, 0.25) is 0 Å². The molecule has 0 aliphatic rings. The third-order valence-electron chi connectivity index (χ3n) is 2.48. The normalized spacial score (nSPS) is 11.0. The van der Waals surface area contributed by atoms with E-state index in [-0.39, 0.29) is 23.0 Å². The number of hydrogen-bond donors (Lipinski definition) is 2. The van der Waals surface area contributed by atoms with Crippen LogP contribution in [0.25, 0.3) is 0 Å². The molecular weight excluding hydrogens is 351 g/mol. The van der Waals surface area contributed by atoms with Crippen LogP contribution in [-0.4, -0.2) is 9.97 Å². The van der Waals surface area contributed by atoms with E-state index in [1.165, 1.54) is 6.20 Å². The maximum atomic E-state index is 12.6. The summed E-state index contributed by atoms with van der Waals surface area (Å²) in [4.78, 5) is 7.63. The summed E-state index contributed by atoms with van der Waals surface area (Å²) >= 11 is 3.17. The van der Waals surface area contributed by atoms with Gasteiger partial charge in [0.25, 0.3) is 0 Å². The summed E-state index contributed by atoms with van der Waals surface area (Å²) in [5.74, 6) is 0.241. The van der Waals surface area contributed by atoms with Gasteiger partial charge >= 0.3 is 6.18 Å². The van der Waals surface area contributed by atoms with Crippen molar-refractivity contribution in [1.82, 2.24) is 9.97 Å². The van der Waals surface area contributed by atoms with Crippen LogP contribution in [0.15, 0.2) is 28.9 Å². The van der Waals surface area contributed by atoms with Crippen molar-refractivity contribution in [3.8, 4) is 6.07 Å². The molecule has 108 valence electrons. The molecule has 0 spiro atoms. The number of halogens is 4. The molecule has 0 bridgehead atoms. The summed E-state index contributed by atoms with van der Waals surface area (Å²) in [6.45, 7) is 0. The molecule has 0 saturated carbocycles. The SMILES string of the molecule is N#Cc1cc(C(F)(F)F)ccc1Nc1nc(N)ncc1Br. The van der Waals surface area contributed by atoms with Crippen LogP contribution in [-0.2, 0) is 6.18 Å². The molecule has 0 fully saturated rings. The predicted molar refractivity (Wildman–Crippen MR) is 73.6 cm³/mol. The van der Waals surface area contributed by atoms with Gasteiger partial charge in [-0.15, -0.1) is 0 Å².